The van der Waals surface area contributed by atoms with Crippen LogP contribution >= 0.6 is 0 Å². The highest BCUT2D eigenvalue weighted by Gasteiger charge is 2.20. The second kappa shape index (κ2) is 5.41. The van der Waals surface area contributed by atoms with Crippen LogP contribution in [0.2, 0.25) is 0 Å². The van der Waals surface area contributed by atoms with E-state index in [1.54, 1.807) is 30.3 Å². The van der Waals surface area contributed by atoms with Crippen LogP contribution in [-0.2, 0) is 16.6 Å². The Kier molecular flexibility index (Phi) is 3.87. The Bertz CT molecular complexity index is 636. The van der Waals surface area contributed by atoms with E-state index < -0.39 is 10.0 Å². The summed E-state index contributed by atoms with van der Waals surface area (Å²) in [4.78, 5) is 0.239. The molecule has 2 aromatic rings. The van der Waals surface area contributed by atoms with Crippen LogP contribution in [0.4, 0.5) is 5.69 Å². The summed E-state index contributed by atoms with van der Waals surface area (Å²) in [7, 11) is -0.464. The summed E-state index contributed by atoms with van der Waals surface area (Å²) in [6, 6.07) is 8.48. The van der Waals surface area contributed by atoms with Crippen molar-refractivity contribution in [3.05, 3.63) is 42.3 Å². The molecule has 1 heterocycles. The van der Waals surface area contributed by atoms with Gasteiger partial charge in [0, 0.05) is 20.2 Å². The minimum atomic E-state index is -3.47. The van der Waals surface area contributed by atoms with Crippen LogP contribution in [0.3, 0.4) is 0 Å². The third-order valence-electron chi connectivity index (χ3n) is 2.60. The molecule has 0 aliphatic carbocycles. The number of benzene rings is 1. The highest BCUT2D eigenvalue weighted by atomic mass is 32.2. The van der Waals surface area contributed by atoms with E-state index in [0.29, 0.717) is 17.9 Å². The fourth-order valence-electron chi connectivity index (χ4n) is 1.55. The SMILES string of the molecule is CN(C)S(=O)(=O)c1ccccc1NCc1ccon1. The van der Waals surface area contributed by atoms with Crippen LogP contribution in [0.5, 0.6) is 0 Å². The van der Waals surface area contributed by atoms with Gasteiger partial charge in [-0.1, -0.05) is 17.3 Å². The fourth-order valence-corrected chi connectivity index (χ4v) is 2.61. The summed E-state index contributed by atoms with van der Waals surface area (Å²) in [5.41, 5.74) is 1.25. The molecule has 6 nitrogen and oxygen atoms in total. The summed E-state index contributed by atoms with van der Waals surface area (Å²) >= 11 is 0. The molecule has 2 rings (SSSR count). The zero-order valence-electron chi connectivity index (χ0n) is 10.7. The lowest BCUT2D eigenvalue weighted by Crippen LogP contribution is -2.23. The van der Waals surface area contributed by atoms with Gasteiger partial charge in [0.15, 0.2) is 0 Å². The van der Waals surface area contributed by atoms with Gasteiger partial charge in [-0.3, -0.25) is 0 Å². The van der Waals surface area contributed by atoms with Crippen molar-refractivity contribution in [2.75, 3.05) is 19.4 Å². The van der Waals surface area contributed by atoms with Crippen molar-refractivity contribution < 1.29 is 12.9 Å². The number of sulfonamides is 1. The minimum Gasteiger partial charge on any atom is -0.378 e. The molecule has 1 aromatic heterocycles. The van der Waals surface area contributed by atoms with Crippen molar-refractivity contribution in [3.63, 3.8) is 0 Å². The Morgan fingerprint density at radius 2 is 2.00 bits per heavy atom. The highest BCUT2D eigenvalue weighted by Crippen LogP contribution is 2.23. The summed E-state index contributed by atoms with van der Waals surface area (Å²) in [6.45, 7) is 0.399. The maximum atomic E-state index is 12.2. The van der Waals surface area contributed by atoms with E-state index in [9.17, 15) is 8.42 Å². The van der Waals surface area contributed by atoms with Gasteiger partial charge in [0.1, 0.15) is 16.9 Å². The van der Waals surface area contributed by atoms with Gasteiger partial charge < -0.3 is 9.84 Å². The first kappa shape index (κ1) is 13.6. The first-order valence-corrected chi connectivity index (χ1v) is 7.10. The standard InChI is InChI=1S/C12H15N3O3S/c1-15(2)19(16,17)12-6-4-3-5-11(12)13-9-10-7-8-18-14-10/h3-8,13H,9H2,1-2H3. The number of anilines is 1. The normalized spacial score (nSPS) is 11.7. The van der Waals surface area contributed by atoms with E-state index in [0.717, 1.165) is 0 Å². The zero-order chi connectivity index (χ0) is 13.9. The van der Waals surface area contributed by atoms with E-state index in [2.05, 4.69) is 10.5 Å². The van der Waals surface area contributed by atoms with Crippen molar-refractivity contribution in [2.24, 2.45) is 0 Å². The smallest absolute Gasteiger partial charge is 0.244 e. The summed E-state index contributed by atoms with van der Waals surface area (Å²) in [5, 5.41) is 6.81. The molecule has 102 valence electrons. The Hall–Kier alpha value is -1.86. The Morgan fingerprint density at radius 1 is 1.26 bits per heavy atom. The highest BCUT2D eigenvalue weighted by molar-refractivity contribution is 7.89. The van der Waals surface area contributed by atoms with Crippen LogP contribution in [0.1, 0.15) is 5.69 Å². The lowest BCUT2D eigenvalue weighted by molar-refractivity contribution is 0.412. The van der Waals surface area contributed by atoms with Crippen LogP contribution in [0, 0.1) is 0 Å². The number of para-hydroxylation sites is 1. The molecule has 0 radical (unpaired) electrons. The van der Waals surface area contributed by atoms with Gasteiger partial charge in [-0.2, -0.15) is 0 Å². The topological polar surface area (TPSA) is 75.4 Å². The first-order valence-electron chi connectivity index (χ1n) is 5.66. The second-order valence-corrected chi connectivity index (χ2v) is 6.25. The lowest BCUT2D eigenvalue weighted by Gasteiger charge is -2.15. The molecule has 1 N–H and O–H groups in total. The number of rotatable bonds is 5. The van der Waals surface area contributed by atoms with Gasteiger partial charge in [0.2, 0.25) is 10.0 Å². The van der Waals surface area contributed by atoms with Gasteiger partial charge in [0.05, 0.1) is 12.2 Å². The number of hydrogen-bond acceptors (Lipinski definition) is 5. The molecular weight excluding hydrogens is 266 g/mol. The molecule has 7 heteroatoms. The Labute approximate surface area is 112 Å². The van der Waals surface area contributed by atoms with E-state index in [4.69, 9.17) is 4.52 Å². The summed E-state index contributed by atoms with van der Waals surface area (Å²) in [5.74, 6) is 0. The summed E-state index contributed by atoms with van der Waals surface area (Å²) in [6.07, 6.45) is 1.47. The molecule has 0 saturated carbocycles. The third-order valence-corrected chi connectivity index (χ3v) is 4.47. The predicted molar refractivity (Wildman–Crippen MR) is 71.1 cm³/mol. The van der Waals surface area contributed by atoms with Gasteiger partial charge >= 0.3 is 0 Å². The predicted octanol–water partition coefficient (Wildman–Crippen LogP) is 1.54. The summed E-state index contributed by atoms with van der Waals surface area (Å²) < 4.78 is 30.2. The quantitative estimate of drug-likeness (QED) is 0.899. The third kappa shape index (κ3) is 2.94. The molecule has 19 heavy (non-hydrogen) atoms. The van der Waals surface area contributed by atoms with Gasteiger partial charge in [-0.25, -0.2) is 12.7 Å². The van der Waals surface area contributed by atoms with E-state index in [1.807, 2.05) is 0 Å². The van der Waals surface area contributed by atoms with Gasteiger partial charge in [-0.15, -0.1) is 0 Å². The molecule has 0 aliphatic rings. The van der Waals surface area contributed by atoms with Gasteiger partial charge in [-0.05, 0) is 12.1 Å². The molecule has 0 atom stereocenters. The van der Waals surface area contributed by atoms with Crippen molar-refractivity contribution in [3.8, 4) is 0 Å². The van der Waals surface area contributed by atoms with E-state index in [-0.39, 0.29) is 4.90 Å². The van der Waals surface area contributed by atoms with E-state index >= 15 is 0 Å². The zero-order valence-corrected chi connectivity index (χ0v) is 11.5. The Morgan fingerprint density at radius 3 is 2.63 bits per heavy atom. The maximum absolute atomic E-state index is 12.2. The molecule has 0 spiro atoms. The average Bonchev–Trinajstić information content (AvgIpc) is 2.89. The largest absolute Gasteiger partial charge is 0.378 e. The lowest BCUT2D eigenvalue weighted by atomic mass is 10.3. The molecule has 0 saturated heterocycles. The Balaban J connectivity index is 2.27. The van der Waals surface area contributed by atoms with Crippen molar-refractivity contribution >= 4 is 15.7 Å². The maximum Gasteiger partial charge on any atom is 0.244 e. The molecule has 0 aliphatic heterocycles. The molecule has 0 fully saturated rings. The molecule has 0 amide bonds. The number of nitrogens with zero attached hydrogens (tertiary/aromatic N) is 2. The van der Waals surface area contributed by atoms with Crippen molar-refractivity contribution in [2.45, 2.75) is 11.4 Å². The van der Waals surface area contributed by atoms with Crippen LogP contribution in [0.15, 0.2) is 46.0 Å². The second-order valence-electron chi connectivity index (χ2n) is 4.13. The fraction of sp³-hybridized carbons (Fsp3) is 0.250. The first-order chi connectivity index (χ1) is 9.01. The van der Waals surface area contributed by atoms with Crippen molar-refractivity contribution in [1.29, 1.82) is 0 Å². The van der Waals surface area contributed by atoms with Gasteiger partial charge in [0.25, 0.3) is 0 Å². The molecule has 0 unspecified atom stereocenters. The number of aromatic nitrogens is 1. The monoisotopic (exact) mass is 281 g/mol. The van der Waals surface area contributed by atoms with Crippen LogP contribution < -0.4 is 5.32 Å². The van der Waals surface area contributed by atoms with Crippen LogP contribution in [0.25, 0.3) is 0 Å². The molecule has 1 aromatic carbocycles. The molecule has 0 bridgehead atoms. The number of hydrogen-bond donors (Lipinski definition) is 1. The van der Waals surface area contributed by atoms with Crippen LogP contribution in [-0.4, -0.2) is 32.0 Å². The molecular formula is C12H15N3O3S. The number of nitrogens with one attached hydrogen (secondary N) is 1. The van der Waals surface area contributed by atoms with Crippen molar-refractivity contribution in [1.82, 2.24) is 9.46 Å². The average molecular weight is 281 g/mol. The van der Waals surface area contributed by atoms with E-state index in [1.165, 1.54) is 24.7 Å². The minimum absolute atomic E-state index is 0.239.